The molecule has 5 nitrogen and oxygen atoms in total. The van der Waals surface area contributed by atoms with Crippen LogP contribution in [-0.2, 0) is 14.9 Å². The van der Waals surface area contributed by atoms with Crippen molar-refractivity contribution in [1.29, 1.82) is 0 Å². The van der Waals surface area contributed by atoms with Gasteiger partial charge < -0.3 is 5.73 Å². The molecule has 0 bridgehead atoms. The molecule has 1 aromatic rings. The molecule has 0 spiro atoms. The Morgan fingerprint density at radius 1 is 1.47 bits per heavy atom. The Bertz CT molecular complexity index is 539. The molecule has 0 radical (unpaired) electrons. The zero-order valence-electron chi connectivity index (χ0n) is 9.31. The maximum atomic E-state index is 13.8. The SMILES string of the molecule is Cc1cc(N)cc(S(=O)(=O)N2CCCO2)c1F. The largest absolute Gasteiger partial charge is 0.399 e. The summed E-state index contributed by atoms with van der Waals surface area (Å²) in [7, 11) is -3.96. The van der Waals surface area contributed by atoms with Crippen LogP contribution in [0.5, 0.6) is 0 Å². The van der Waals surface area contributed by atoms with E-state index in [0.717, 1.165) is 10.5 Å². The molecule has 0 saturated carbocycles. The van der Waals surface area contributed by atoms with Crippen molar-refractivity contribution in [3.63, 3.8) is 0 Å². The first-order valence-corrected chi connectivity index (χ1v) is 6.58. The van der Waals surface area contributed by atoms with Gasteiger partial charge in [0.15, 0.2) is 0 Å². The van der Waals surface area contributed by atoms with Crippen LogP contribution in [0.4, 0.5) is 10.1 Å². The lowest BCUT2D eigenvalue weighted by atomic mass is 10.2. The number of hydrogen-bond acceptors (Lipinski definition) is 4. The van der Waals surface area contributed by atoms with Gasteiger partial charge in [0.1, 0.15) is 10.7 Å². The number of benzene rings is 1. The highest BCUT2D eigenvalue weighted by Gasteiger charge is 2.31. The van der Waals surface area contributed by atoms with Crippen LogP contribution in [0.25, 0.3) is 0 Å². The molecule has 0 atom stereocenters. The number of sulfonamides is 1. The molecule has 1 saturated heterocycles. The molecule has 7 heteroatoms. The number of anilines is 1. The van der Waals surface area contributed by atoms with Gasteiger partial charge in [-0.15, -0.1) is 0 Å². The second-order valence-corrected chi connectivity index (χ2v) is 5.67. The summed E-state index contributed by atoms with van der Waals surface area (Å²) in [6.07, 6.45) is 0.599. The van der Waals surface area contributed by atoms with Crippen LogP contribution in [0.1, 0.15) is 12.0 Å². The minimum absolute atomic E-state index is 0.197. The highest BCUT2D eigenvalue weighted by atomic mass is 32.2. The van der Waals surface area contributed by atoms with E-state index >= 15 is 0 Å². The van der Waals surface area contributed by atoms with Gasteiger partial charge in [-0.25, -0.2) is 12.8 Å². The average molecular weight is 260 g/mol. The summed E-state index contributed by atoms with van der Waals surface area (Å²) in [5.41, 5.74) is 5.94. The van der Waals surface area contributed by atoms with Gasteiger partial charge in [0, 0.05) is 12.2 Å². The molecule has 0 aliphatic carbocycles. The zero-order valence-corrected chi connectivity index (χ0v) is 10.1. The number of hydroxylamine groups is 1. The number of nitrogen functional groups attached to an aromatic ring is 1. The van der Waals surface area contributed by atoms with Gasteiger partial charge in [-0.1, -0.05) is 4.47 Å². The van der Waals surface area contributed by atoms with Crippen molar-refractivity contribution < 1.29 is 17.6 Å². The lowest BCUT2D eigenvalue weighted by Crippen LogP contribution is -2.27. The van der Waals surface area contributed by atoms with Crippen molar-refractivity contribution in [3.05, 3.63) is 23.5 Å². The molecule has 17 heavy (non-hydrogen) atoms. The number of halogens is 1. The van der Waals surface area contributed by atoms with E-state index in [-0.39, 0.29) is 17.8 Å². The van der Waals surface area contributed by atoms with E-state index in [9.17, 15) is 12.8 Å². The van der Waals surface area contributed by atoms with E-state index in [4.69, 9.17) is 10.6 Å². The van der Waals surface area contributed by atoms with Gasteiger partial charge in [-0.05, 0) is 31.0 Å². The number of aryl methyl sites for hydroxylation is 1. The first kappa shape index (κ1) is 12.3. The van der Waals surface area contributed by atoms with Crippen LogP contribution in [0.3, 0.4) is 0 Å². The quantitative estimate of drug-likeness (QED) is 0.806. The fraction of sp³-hybridized carbons (Fsp3) is 0.400. The van der Waals surface area contributed by atoms with Gasteiger partial charge in [-0.2, -0.15) is 0 Å². The van der Waals surface area contributed by atoms with Gasteiger partial charge in [0.2, 0.25) is 0 Å². The molecule has 1 aromatic carbocycles. The molecule has 94 valence electrons. The summed E-state index contributed by atoms with van der Waals surface area (Å²) in [4.78, 5) is 4.51. The van der Waals surface area contributed by atoms with Gasteiger partial charge >= 0.3 is 0 Å². The first-order valence-electron chi connectivity index (χ1n) is 5.14. The fourth-order valence-electron chi connectivity index (χ4n) is 1.68. The highest BCUT2D eigenvalue weighted by Crippen LogP contribution is 2.26. The predicted octanol–water partition coefficient (Wildman–Crippen LogP) is 1.04. The smallest absolute Gasteiger partial charge is 0.268 e. The minimum atomic E-state index is -3.96. The normalized spacial score (nSPS) is 17.5. The van der Waals surface area contributed by atoms with E-state index < -0.39 is 20.7 Å². The lowest BCUT2D eigenvalue weighted by molar-refractivity contribution is -0.0286. The summed E-state index contributed by atoms with van der Waals surface area (Å²) in [5, 5.41) is 0. The predicted molar refractivity (Wildman–Crippen MR) is 60.0 cm³/mol. The first-order chi connectivity index (χ1) is 7.93. The summed E-state index contributed by atoms with van der Waals surface area (Å²) < 4.78 is 38.8. The van der Waals surface area contributed by atoms with Crippen LogP contribution in [-0.4, -0.2) is 26.0 Å². The summed E-state index contributed by atoms with van der Waals surface area (Å²) >= 11 is 0. The highest BCUT2D eigenvalue weighted by molar-refractivity contribution is 7.89. The topological polar surface area (TPSA) is 72.6 Å². The monoisotopic (exact) mass is 260 g/mol. The van der Waals surface area contributed by atoms with E-state index in [1.807, 2.05) is 0 Å². The Morgan fingerprint density at radius 2 is 2.18 bits per heavy atom. The number of nitrogens with two attached hydrogens (primary N) is 1. The van der Waals surface area contributed by atoms with Crippen molar-refractivity contribution >= 4 is 15.7 Å². The molecule has 1 fully saturated rings. The van der Waals surface area contributed by atoms with E-state index in [1.54, 1.807) is 0 Å². The Morgan fingerprint density at radius 3 is 2.76 bits per heavy atom. The molecule has 0 aromatic heterocycles. The van der Waals surface area contributed by atoms with Crippen LogP contribution < -0.4 is 5.73 Å². The molecular weight excluding hydrogens is 247 g/mol. The molecule has 1 aliphatic heterocycles. The Balaban J connectivity index is 2.52. The summed E-state index contributed by atoms with van der Waals surface area (Å²) in [6, 6.07) is 2.50. The third-order valence-corrected chi connectivity index (χ3v) is 4.19. The fourth-order valence-corrected chi connectivity index (χ4v) is 3.15. The average Bonchev–Trinajstić information content (AvgIpc) is 2.76. The van der Waals surface area contributed by atoms with Crippen molar-refractivity contribution in [1.82, 2.24) is 4.47 Å². The number of hydrogen-bond donors (Lipinski definition) is 1. The molecule has 1 heterocycles. The number of nitrogens with zero attached hydrogens (tertiary/aromatic N) is 1. The van der Waals surface area contributed by atoms with E-state index in [0.29, 0.717) is 13.0 Å². The third-order valence-electron chi connectivity index (χ3n) is 2.51. The second-order valence-electron chi connectivity index (χ2n) is 3.87. The van der Waals surface area contributed by atoms with E-state index in [1.165, 1.54) is 13.0 Å². The van der Waals surface area contributed by atoms with Gasteiger partial charge in [0.05, 0.1) is 6.61 Å². The molecule has 1 aliphatic rings. The van der Waals surface area contributed by atoms with Crippen molar-refractivity contribution in [2.24, 2.45) is 0 Å². The van der Waals surface area contributed by atoms with Crippen molar-refractivity contribution in [2.45, 2.75) is 18.2 Å². The Labute approximate surface area is 99.0 Å². The van der Waals surface area contributed by atoms with Crippen LogP contribution >= 0.6 is 0 Å². The second kappa shape index (κ2) is 4.25. The van der Waals surface area contributed by atoms with Crippen LogP contribution in [0.2, 0.25) is 0 Å². The van der Waals surface area contributed by atoms with Gasteiger partial charge in [0.25, 0.3) is 10.0 Å². The summed E-state index contributed by atoms with van der Waals surface area (Å²) in [5.74, 6) is -0.783. The maximum Gasteiger partial charge on any atom is 0.268 e. The van der Waals surface area contributed by atoms with Gasteiger partial charge in [-0.3, -0.25) is 4.84 Å². The minimum Gasteiger partial charge on any atom is -0.399 e. The maximum absolute atomic E-state index is 13.8. The standard InChI is InChI=1S/C10H13FN2O3S/c1-7-5-8(12)6-9(10(7)11)17(14,15)13-3-2-4-16-13/h5-6H,2-4,12H2,1H3. The third kappa shape index (κ3) is 2.13. The van der Waals surface area contributed by atoms with E-state index in [2.05, 4.69) is 0 Å². The molecule has 0 amide bonds. The van der Waals surface area contributed by atoms with Crippen LogP contribution in [0, 0.1) is 12.7 Å². The van der Waals surface area contributed by atoms with Crippen molar-refractivity contribution in [2.75, 3.05) is 18.9 Å². The van der Waals surface area contributed by atoms with Crippen molar-refractivity contribution in [3.8, 4) is 0 Å². The van der Waals surface area contributed by atoms with Crippen LogP contribution in [0.15, 0.2) is 17.0 Å². The Kier molecular flexibility index (Phi) is 3.07. The summed E-state index contributed by atoms with van der Waals surface area (Å²) in [6.45, 7) is 2.02. The Hall–Kier alpha value is -1.18. The molecule has 0 unspecified atom stereocenters. The zero-order chi connectivity index (χ0) is 12.6. The molecular formula is C10H13FN2O3S. The molecule has 2 N–H and O–H groups in total. The number of rotatable bonds is 2. The molecule has 2 rings (SSSR count). The lowest BCUT2D eigenvalue weighted by Gasteiger charge is -2.15.